The lowest BCUT2D eigenvalue weighted by molar-refractivity contribution is 0.546. The number of nitrogens with one attached hydrogen (secondary N) is 1. The number of rotatable bonds is 5. The Labute approximate surface area is 170 Å². The van der Waals surface area contributed by atoms with E-state index in [0.717, 1.165) is 46.6 Å². The first-order valence-electron chi connectivity index (χ1n) is 9.44. The van der Waals surface area contributed by atoms with Gasteiger partial charge in [0.25, 0.3) is 0 Å². The molecule has 28 heavy (non-hydrogen) atoms. The molecule has 0 radical (unpaired) electrons. The van der Waals surface area contributed by atoms with Crippen LogP contribution in [0.3, 0.4) is 0 Å². The van der Waals surface area contributed by atoms with Crippen molar-refractivity contribution < 1.29 is 0 Å². The average Bonchev–Trinajstić information content (AvgIpc) is 3.30. The summed E-state index contributed by atoms with van der Waals surface area (Å²) in [6.07, 6.45) is 2.17. The number of benzene rings is 3. The highest BCUT2D eigenvalue weighted by Crippen LogP contribution is 2.23. The molecule has 3 nitrogen and oxygen atoms in total. The van der Waals surface area contributed by atoms with Crippen LogP contribution in [0.5, 0.6) is 0 Å². The van der Waals surface area contributed by atoms with Crippen molar-refractivity contribution in [1.82, 2.24) is 4.90 Å². The summed E-state index contributed by atoms with van der Waals surface area (Å²) in [7, 11) is 0. The molecular weight excluding hydrogens is 362 g/mol. The summed E-state index contributed by atoms with van der Waals surface area (Å²) in [6, 6.07) is 30.9. The standard InChI is InChI=1S/C24H23N3S/c1-4-10-20(11-5-1)23(25-21-12-6-2-7-13-21)18-24(27-16-17-28-19-27)26-22-14-8-3-9-15-22/h1-15,18,25H,16-17,19H2/b23-18-,26-24?. The fraction of sp³-hybridized carbons (Fsp3) is 0.125. The van der Waals surface area contributed by atoms with Gasteiger partial charge >= 0.3 is 0 Å². The van der Waals surface area contributed by atoms with Crippen molar-refractivity contribution in [3.05, 3.63) is 103 Å². The first-order chi connectivity index (χ1) is 13.9. The van der Waals surface area contributed by atoms with Crippen molar-refractivity contribution in [1.29, 1.82) is 0 Å². The van der Waals surface area contributed by atoms with Gasteiger partial charge in [0.15, 0.2) is 0 Å². The molecule has 3 aromatic carbocycles. The molecule has 0 spiro atoms. The summed E-state index contributed by atoms with van der Waals surface area (Å²) in [4.78, 5) is 7.30. The Morgan fingerprint density at radius 2 is 1.50 bits per heavy atom. The van der Waals surface area contributed by atoms with Crippen LogP contribution in [0.25, 0.3) is 5.70 Å². The quantitative estimate of drug-likeness (QED) is 0.439. The Bertz CT molecular complexity index is 931. The molecule has 0 aliphatic carbocycles. The van der Waals surface area contributed by atoms with Gasteiger partial charge in [-0.05, 0) is 29.8 Å². The Morgan fingerprint density at radius 3 is 2.14 bits per heavy atom. The number of hydrogen-bond acceptors (Lipinski definition) is 3. The molecule has 0 unspecified atom stereocenters. The van der Waals surface area contributed by atoms with E-state index < -0.39 is 0 Å². The number of amidine groups is 1. The van der Waals surface area contributed by atoms with Crippen molar-refractivity contribution in [2.45, 2.75) is 0 Å². The smallest absolute Gasteiger partial charge is 0.132 e. The molecule has 1 heterocycles. The Morgan fingerprint density at radius 1 is 0.857 bits per heavy atom. The molecule has 0 atom stereocenters. The van der Waals surface area contributed by atoms with Crippen LogP contribution in [0.4, 0.5) is 11.4 Å². The van der Waals surface area contributed by atoms with Gasteiger partial charge in [-0.15, -0.1) is 11.8 Å². The van der Waals surface area contributed by atoms with E-state index in [4.69, 9.17) is 4.99 Å². The summed E-state index contributed by atoms with van der Waals surface area (Å²) in [5.41, 5.74) is 4.21. The Kier molecular flexibility index (Phi) is 6.10. The zero-order chi connectivity index (χ0) is 19.0. The van der Waals surface area contributed by atoms with E-state index >= 15 is 0 Å². The van der Waals surface area contributed by atoms with Crippen LogP contribution in [0, 0.1) is 0 Å². The number of thioether (sulfide) groups is 1. The lowest BCUT2D eigenvalue weighted by Crippen LogP contribution is -2.26. The molecule has 4 rings (SSSR count). The van der Waals surface area contributed by atoms with Crippen LogP contribution in [-0.4, -0.2) is 28.9 Å². The maximum atomic E-state index is 4.96. The fourth-order valence-corrected chi connectivity index (χ4v) is 4.00. The summed E-state index contributed by atoms with van der Waals surface area (Å²) in [5, 5.41) is 3.58. The molecule has 1 aliphatic heterocycles. The van der Waals surface area contributed by atoms with Crippen molar-refractivity contribution in [3.63, 3.8) is 0 Å². The van der Waals surface area contributed by atoms with Crippen molar-refractivity contribution >= 4 is 34.7 Å². The second kappa shape index (κ2) is 9.29. The van der Waals surface area contributed by atoms with E-state index in [1.807, 2.05) is 66.4 Å². The zero-order valence-corrected chi connectivity index (χ0v) is 16.5. The highest BCUT2D eigenvalue weighted by atomic mass is 32.2. The van der Waals surface area contributed by atoms with E-state index in [-0.39, 0.29) is 0 Å². The van der Waals surface area contributed by atoms with Gasteiger partial charge < -0.3 is 10.2 Å². The Balaban J connectivity index is 1.75. The van der Waals surface area contributed by atoms with Crippen LogP contribution < -0.4 is 5.32 Å². The van der Waals surface area contributed by atoms with Crippen LogP contribution in [0.1, 0.15) is 5.56 Å². The van der Waals surface area contributed by atoms with Crippen molar-refractivity contribution in [2.24, 2.45) is 4.99 Å². The van der Waals surface area contributed by atoms with Gasteiger partial charge in [-0.3, -0.25) is 0 Å². The minimum Gasteiger partial charge on any atom is -0.355 e. The van der Waals surface area contributed by atoms with Gasteiger partial charge in [0.2, 0.25) is 0 Å². The SMILES string of the molecule is C(/C(=Nc1ccccc1)N1CCSC1)=C(/Nc1ccccc1)c1ccccc1. The van der Waals surface area contributed by atoms with E-state index in [2.05, 4.69) is 52.7 Å². The predicted molar refractivity (Wildman–Crippen MR) is 122 cm³/mol. The molecule has 1 N–H and O–H groups in total. The lowest BCUT2D eigenvalue weighted by atomic mass is 10.1. The monoisotopic (exact) mass is 385 g/mol. The molecule has 0 bridgehead atoms. The zero-order valence-electron chi connectivity index (χ0n) is 15.7. The lowest BCUT2D eigenvalue weighted by Gasteiger charge is -2.19. The number of nitrogens with zero attached hydrogens (tertiary/aromatic N) is 2. The molecule has 3 aromatic rings. The van der Waals surface area contributed by atoms with Gasteiger partial charge in [-0.2, -0.15) is 0 Å². The van der Waals surface area contributed by atoms with Crippen LogP contribution in [0.15, 0.2) is 102 Å². The molecule has 140 valence electrons. The third-order valence-electron chi connectivity index (χ3n) is 4.49. The topological polar surface area (TPSA) is 27.6 Å². The van der Waals surface area contributed by atoms with E-state index in [1.54, 1.807) is 0 Å². The average molecular weight is 386 g/mol. The van der Waals surface area contributed by atoms with E-state index in [1.165, 1.54) is 0 Å². The van der Waals surface area contributed by atoms with E-state index in [0.29, 0.717) is 0 Å². The maximum Gasteiger partial charge on any atom is 0.132 e. The Hall–Kier alpha value is -2.98. The van der Waals surface area contributed by atoms with Gasteiger partial charge in [-0.25, -0.2) is 4.99 Å². The first kappa shape index (κ1) is 18.4. The minimum absolute atomic E-state index is 0.968. The number of para-hydroxylation sites is 2. The third-order valence-corrected chi connectivity index (χ3v) is 5.45. The third kappa shape index (κ3) is 4.84. The summed E-state index contributed by atoms with van der Waals surface area (Å²) in [5.74, 6) is 3.09. The highest BCUT2D eigenvalue weighted by molar-refractivity contribution is 7.99. The van der Waals surface area contributed by atoms with Crippen molar-refractivity contribution in [2.75, 3.05) is 23.5 Å². The molecule has 1 aliphatic rings. The van der Waals surface area contributed by atoms with Crippen LogP contribution in [0.2, 0.25) is 0 Å². The largest absolute Gasteiger partial charge is 0.355 e. The molecule has 4 heteroatoms. The molecule has 1 saturated heterocycles. The first-order valence-corrected chi connectivity index (χ1v) is 10.6. The predicted octanol–water partition coefficient (Wildman–Crippen LogP) is 5.88. The van der Waals surface area contributed by atoms with Gasteiger partial charge in [0.05, 0.1) is 11.6 Å². The summed E-state index contributed by atoms with van der Waals surface area (Å²) < 4.78 is 0. The van der Waals surface area contributed by atoms with Gasteiger partial charge in [0.1, 0.15) is 5.84 Å². The molecular formula is C24H23N3S. The van der Waals surface area contributed by atoms with Crippen LogP contribution in [-0.2, 0) is 0 Å². The minimum atomic E-state index is 0.968. The fourth-order valence-electron chi connectivity index (χ4n) is 3.04. The number of hydrogen-bond donors (Lipinski definition) is 1. The molecule has 1 fully saturated rings. The van der Waals surface area contributed by atoms with Crippen LogP contribution >= 0.6 is 11.8 Å². The highest BCUT2D eigenvalue weighted by Gasteiger charge is 2.16. The molecule has 0 aromatic heterocycles. The van der Waals surface area contributed by atoms with Gasteiger partial charge in [0, 0.05) is 29.8 Å². The summed E-state index contributed by atoms with van der Waals surface area (Å²) >= 11 is 1.94. The normalized spacial score (nSPS) is 14.9. The van der Waals surface area contributed by atoms with E-state index in [9.17, 15) is 0 Å². The molecule has 0 amide bonds. The van der Waals surface area contributed by atoms with Gasteiger partial charge in [-0.1, -0.05) is 66.7 Å². The maximum absolute atomic E-state index is 4.96. The molecule has 0 saturated carbocycles. The second-order valence-electron chi connectivity index (χ2n) is 6.52. The second-order valence-corrected chi connectivity index (χ2v) is 7.60. The number of anilines is 1. The summed E-state index contributed by atoms with van der Waals surface area (Å²) in [6.45, 7) is 1.01. The van der Waals surface area contributed by atoms with Crippen molar-refractivity contribution in [3.8, 4) is 0 Å². The number of aliphatic imine (C=N–C) groups is 1.